The number of hydrogen-bond acceptors (Lipinski definition) is 2. The van der Waals surface area contributed by atoms with Gasteiger partial charge < -0.3 is 4.74 Å². The third-order valence-corrected chi connectivity index (χ3v) is 7.09. The van der Waals surface area contributed by atoms with E-state index >= 15 is 0 Å². The van der Waals surface area contributed by atoms with Crippen molar-refractivity contribution in [2.75, 3.05) is 7.11 Å². The second-order valence-corrected chi connectivity index (χ2v) is 10.8. The van der Waals surface area contributed by atoms with Crippen LogP contribution in [0.15, 0.2) is 29.3 Å². The highest BCUT2D eigenvalue weighted by molar-refractivity contribution is 9.10. The van der Waals surface area contributed by atoms with Gasteiger partial charge in [0, 0.05) is 11.6 Å². The zero-order valence-electron chi connectivity index (χ0n) is 15.7. The van der Waals surface area contributed by atoms with Gasteiger partial charge in [-0.05, 0) is 87.1 Å². The maximum atomic E-state index is 10.4. The topological polar surface area (TPSA) is 52.3 Å². The van der Waals surface area contributed by atoms with Gasteiger partial charge in [-0.2, -0.15) is 0 Å². The minimum absolute atomic E-state index is 0.250. The molecule has 0 radical (unpaired) electrons. The van der Waals surface area contributed by atoms with Crippen LogP contribution in [0.25, 0.3) is 5.57 Å². The van der Waals surface area contributed by atoms with E-state index in [4.69, 9.17) is 9.88 Å². The Morgan fingerprint density at radius 2 is 1.88 bits per heavy atom. The van der Waals surface area contributed by atoms with Crippen molar-refractivity contribution in [2.24, 2.45) is 10.6 Å². The van der Waals surface area contributed by atoms with Crippen LogP contribution in [0.5, 0.6) is 0 Å². The van der Waals surface area contributed by atoms with Crippen molar-refractivity contribution in [1.82, 2.24) is 0 Å². The Hall–Kier alpha value is -0.490. The molecule has 3 rings (SSSR count). The van der Waals surface area contributed by atoms with Crippen LogP contribution in [-0.4, -0.2) is 22.2 Å². The summed E-state index contributed by atoms with van der Waals surface area (Å²) in [6, 6.07) is 6.63. The van der Waals surface area contributed by atoms with E-state index in [1.165, 1.54) is 48.8 Å². The average Bonchev–Trinajstić information content (AvgIpc) is 2.81. The Balaban J connectivity index is 0.000000277. The van der Waals surface area contributed by atoms with E-state index in [0.717, 1.165) is 4.47 Å². The van der Waals surface area contributed by atoms with Crippen LogP contribution in [0.4, 0.5) is 0 Å². The molecule has 1 aromatic carbocycles. The molecule has 1 atom stereocenters. The summed E-state index contributed by atoms with van der Waals surface area (Å²) in [7, 11) is 0.648. The molecule has 140 valence electrons. The summed E-state index contributed by atoms with van der Waals surface area (Å²) in [4.78, 5) is 0. The molecule has 0 aromatic heterocycles. The first-order valence-electron chi connectivity index (χ1n) is 8.76. The summed E-state index contributed by atoms with van der Waals surface area (Å²) in [5, 5.41) is 5.04. The van der Waals surface area contributed by atoms with Crippen molar-refractivity contribution >= 4 is 32.5 Å². The summed E-state index contributed by atoms with van der Waals surface area (Å²) in [6.07, 6.45) is 6.41. The van der Waals surface area contributed by atoms with Crippen molar-refractivity contribution in [3.63, 3.8) is 0 Å². The molecular formula is C20H30BrNO2S. The number of nitrogens with two attached hydrogens (primary N) is 1. The second kappa shape index (κ2) is 8.03. The third kappa shape index (κ3) is 4.82. The lowest BCUT2D eigenvalue weighted by molar-refractivity contribution is 0.0448. The number of halogens is 1. The van der Waals surface area contributed by atoms with E-state index in [1.807, 2.05) is 27.9 Å². The molecule has 1 saturated carbocycles. The number of hydrogen-bond donors (Lipinski definition) is 1. The Labute approximate surface area is 163 Å². The van der Waals surface area contributed by atoms with Crippen molar-refractivity contribution < 1.29 is 8.95 Å². The highest BCUT2D eigenvalue weighted by Crippen LogP contribution is 2.54. The average molecular weight is 428 g/mol. The van der Waals surface area contributed by atoms with E-state index in [1.54, 1.807) is 0 Å². The lowest BCUT2D eigenvalue weighted by atomic mass is 9.69. The number of ether oxygens (including phenoxy) is 1. The summed E-state index contributed by atoms with van der Waals surface area (Å²) < 4.78 is 16.7. The first-order chi connectivity index (χ1) is 11.6. The van der Waals surface area contributed by atoms with Crippen LogP contribution in [0.1, 0.15) is 57.6 Å². The molecule has 5 heteroatoms. The van der Waals surface area contributed by atoms with Gasteiger partial charge in [0.1, 0.15) is 0 Å². The fraction of sp³-hybridized carbons (Fsp3) is 0.600. The molecule has 0 aliphatic heterocycles. The number of rotatable bonds is 1. The van der Waals surface area contributed by atoms with Gasteiger partial charge in [0.25, 0.3) is 0 Å². The molecule has 0 amide bonds. The van der Waals surface area contributed by atoms with E-state index < -0.39 is 11.0 Å². The molecular weight excluding hydrogens is 398 g/mol. The zero-order chi connectivity index (χ0) is 18.8. The quantitative estimate of drug-likeness (QED) is 0.684. The molecule has 1 spiro atoms. The van der Waals surface area contributed by atoms with Gasteiger partial charge in [-0.25, -0.2) is 4.21 Å². The van der Waals surface area contributed by atoms with Gasteiger partial charge in [0.2, 0.25) is 0 Å². The van der Waals surface area contributed by atoms with Gasteiger partial charge in [0.15, 0.2) is 0 Å². The lowest BCUT2D eigenvalue weighted by Gasteiger charge is -2.37. The third-order valence-electron chi connectivity index (χ3n) is 5.39. The summed E-state index contributed by atoms with van der Waals surface area (Å²) in [5.74, 6) is 0. The highest BCUT2D eigenvalue weighted by Gasteiger charge is 2.43. The molecule has 1 fully saturated rings. The summed E-state index contributed by atoms with van der Waals surface area (Å²) >= 11 is 3.56. The molecule has 2 aliphatic rings. The molecule has 3 nitrogen and oxygen atoms in total. The molecule has 0 bridgehead atoms. The maximum Gasteiger partial charge on any atom is 0.0942 e. The Kier molecular flexibility index (Phi) is 6.69. The fourth-order valence-corrected chi connectivity index (χ4v) is 3.96. The van der Waals surface area contributed by atoms with Crippen LogP contribution >= 0.6 is 15.9 Å². The number of fused-ring (bicyclic) bond motifs is 1. The predicted molar refractivity (Wildman–Crippen MR) is 111 cm³/mol. The molecule has 2 N–H and O–H groups in total. The van der Waals surface area contributed by atoms with Gasteiger partial charge in [0.05, 0.1) is 21.8 Å². The largest absolute Gasteiger partial charge is 0.381 e. The summed E-state index contributed by atoms with van der Waals surface area (Å²) in [5.41, 5.74) is 4.52. The SMILES string of the molecule is C=C1c2cc(Br)ccc2CC12CCC(OC)CC2.CC(C)(C)S(N)=O. The lowest BCUT2D eigenvalue weighted by Crippen LogP contribution is -2.30. The van der Waals surface area contributed by atoms with Crippen molar-refractivity contribution in [3.05, 3.63) is 40.4 Å². The monoisotopic (exact) mass is 427 g/mol. The molecule has 0 heterocycles. The van der Waals surface area contributed by atoms with E-state index in [2.05, 4.69) is 40.7 Å². The summed E-state index contributed by atoms with van der Waals surface area (Å²) in [6.45, 7) is 9.91. The smallest absolute Gasteiger partial charge is 0.0942 e. The van der Waals surface area contributed by atoms with Gasteiger partial charge >= 0.3 is 0 Å². The standard InChI is InChI=1S/C16H19BrO.C4H11NOS/c1-11-15-9-13(17)4-3-12(15)10-16(11)7-5-14(18-2)6-8-16;1-4(2,3)7(5)6/h3-4,9,14H,1,5-8,10H2,2H3;5H2,1-3H3. The maximum absolute atomic E-state index is 10.4. The van der Waals surface area contributed by atoms with Crippen LogP contribution in [0.2, 0.25) is 0 Å². The minimum atomic E-state index is -1.18. The van der Waals surface area contributed by atoms with Crippen LogP contribution in [-0.2, 0) is 22.1 Å². The van der Waals surface area contributed by atoms with E-state index in [0.29, 0.717) is 11.5 Å². The Morgan fingerprint density at radius 3 is 2.36 bits per heavy atom. The second-order valence-electron chi connectivity index (χ2n) is 8.08. The Bertz CT molecular complexity index is 658. The van der Waals surface area contributed by atoms with Crippen molar-refractivity contribution in [3.8, 4) is 0 Å². The van der Waals surface area contributed by atoms with E-state index in [-0.39, 0.29) is 4.75 Å². The van der Waals surface area contributed by atoms with Gasteiger partial charge in [-0.3, -0.25) is 5.14 Å². The van der Waals surface area contributed by atoms with Crippen LogP contribution in [0, 0.1) is 5.41 Å². The predicted octanol–water partition coefficient (Wildman–Crippen LogP) is 5.00. The zero-order valence-corrected chi connectivity index (χ0v) is 18.1. The normalized spacial score (nSPS) is 26.8. The van der Waals surface area contributed by atoms with E-state index in [9.17, 15) is 4.21 Å². The fourth-order valence-electron chi connectivity index (χ4n) is 3.60. The van der Waals surface area contributed by atoms with Gasteiger partial charge in [-0.1, -0.05) is 28.6 Å². The van der Waals surface area contributed by atoms with Crippen molar-refractivity contribution in [2.45, 2.75) is 63.7 Å². The van der Waals surface area contributed by atoms with Gasteiger partial charge in [-0.15, -0.1) is 0 Å². The van der Waals surface area contributed by atoms with Crippen LogP contribution in [0.3, 0.4) is 0 Å². The molecule has 2 aliphatic carbocycles. The molecule has 0 saturated heterocycles. The molecule has 1 unspecified atom stereocenters. The first kappa shape index (κ1) is 20.8. The first-order valence-corrected chi connectivity index (χ1v) is 10.8. The number of methoxy groups -OCH3 is 1. The molecule has 25 heavy (non-hydrogen) atoms. The number of allylic oxidation sites excluding steroid dienone is 1. The van der Waals surface area contributed by atoms with Crippen LogP contribution < -0.4 is 5.14 Å². The Morgan fingerprint density at radius 1 is 1.32 bits per heavy atom. The van der Waals surface area contributed by atoms with Crippen molar-refractivity contribution in [1.29, 1.82) is 0 Å². The number of benzene rings is 1. The molecule has 1 aromatic rings. The highest BCUT2D eigenvalue weighted by atomic mass is 79.9. The minimum Gasteiger partial charge on any atom is -0.381 e.